The quantitative estimate of drug-likeness (QED) is 0.136. The minimum Gasteiger partial charge on any atom is -0.463 e. The lowest BCUT2D eigenvalue weighted by Gasteiger charge is -2.12. The van der Waals surface area contributed by atoms with Crippen molar-refractivity contribution in [3.05, 3.63) is 48.6 Å². The summed E-state index contributed by atoms with van der Waals surface area (Å²) < 4.78 is 19.4. The van der Waals surface area contributed by atoms with Crippen molar-refractivity contribution in [3.8, 4) is 0 Å². The summed E-state index contributed by atoms with van der Waals surface area (Å²) in [6, 6.07) is 0. The van der Waals surface area contributed by atoms with Crippen molar-refractivity contribution < 1.29 is 33.5 Å². The van der Waals surface area contributed by atoms with Crippen molar-refractivity contribution >= 4 is 13.8 Å². The predicted octanol–water partition coefficient (Wildman–Crippen LogP) is 4.37. The molecular weight excluding hydrogens is 395 g/mol. The van der Waals surface area contributed by atoms with Gasteiger partial charge in [-0.05, 0) is 44.9 Å². The molecule has 0 fully saturated rings. The van der Waals surface area contributed by atoms with Crippen LogP contribution in [0.1, 0.15) is 58.3 Å². The van der Waals surface area contributed by atoms with Crippen LogP contribution in [0, 0.1) is 0 Å². The highest BCUT2D eigenvalue weighted by Crippen LogP contribution is 2.35. The van der Waals surface area contributed by atoms with Crippen molar-refractivity contribution in [1.82, 2.24) is 0 Å². The van der Waals surface area contributed by atoms with Gasteiger partial charge in [0.15, 0.2) is 0 Å². The Kier molecular flexibility index (Phi) is 17.6. The molecule has 0 aromatic heterocycles. The summed E-state index contributed by atoms with van der Waals surface area (Å²) in [7, 11) is -4.63. The van der Waals surface area contributed by atoms with E-state index in [1.165, 1.54) is 0 Å². The Morgan fingerprint density at radius 3 is 2.00 bits per heavy atom. The van der Waals surface area contributed by atoms with Gasteiger partial charge in [-0.1, -0.05) is 55.5 Å². The SMILES string of the molecule is CC/C=C\C/C=C\C/C=C\C/C=C\CCCCC(=O)OC[C@@H](O)COP(=O)(O)O. The zero-order valence-electron chi connectivity index (χ0n) is 17.2. The largest absolute Gasteiger partial charge is 0.469 e. The van der Waals surface area contributed by atoms with Crippen molar-refractivity contribution in [3.63, 3.8) is 0 Å². The van der Waals surface area contributed by atoms with Crippen molar-refractivity contribution in [2.75, 3.05) is 13.2 Å². The van der Waals surface area contributed by atoms with E-state index in [0.717, 1.165) is 38.5 Å². The van der Waals surface area contributed by atoms with Crippen LogP contribution in [-0.2, 0) is 18.6 Å². The number of rotatable bonds is 17. The lowest BCUT2D eigenvalue weighted by molar-refractivity contribution is -0.147. The molecule has 0 heterocycles. The molecule has 7 nitrogen and oxygen atoms in total. The second-order valence-electron chi connectivity index (χ2n) is 6.37. The Labute approximate surface area is 174 Å². The molecule has 0 saturated carbocycles. The van der Waals surface area contributed by atoms with E-state index in [0.29, 0.717) is 6.42 Å². The molecule has 3 N–H and O–H groups in total. The van der Waals surface area contributed by atoms with Crippen LogP contribution >= 0.6 is 7.82 Å². The van der Waals surface area contributed by atoms with Gasteiger partial charge in [0, 0.05) is 6.42 Å². The fourth-order valence-electron chi connectivity index (χ4n) is 2.12. The summed E-state index contributed by atoms with van der Waals surface area (Å²) in [5.74, 6) is -0.453. The predicted molar refractivity (Wildman–Crippen MR) is 114 cm³/mol. The highest BCUT2D eigenvalue weighted by molar-refractivity contribution is 7.46. The summed E-state index contributed by atoms with van der Waals surface area (Å²) in [4.78, 5) is 28.5. The molecule has 0 amide bonds. The molecule has 166 valence electrons. The van der Waals surface area contributed by atoms with Gasteiger partial charge < -0.3 is 19.6 Å². The maximum atomic E-state index is 11.5. The maximum absolute atomic E-state index is 11.5. The third kappa shape index (κ3) is 22.7. The molecule has 0 spiro atoms. The number of allylic oxidation sites excluding steroid dienone is 8. The molecule has 0 aromatic carbocycles. The molecule has 29 heavy (non-hydrogen) atoms. The van der Waals surface area contributed by atoms with Crippen LogP contribution in [-0.4, -0.2) is 40.2 Å². The van der Waals surface area contributed by atoms with Crippen LogP contribution in [0.25, 0.3) is 0 Å². The molecule has 8 heteroatoms. The zero-order valence-corrected chi connectivity index (χ0v) is 18.1. The Morgan fingerprint density at radius 2 is 1.45 bits per heavy atom. The monoisotopic (exact) mass is 430 g/mol. The molecule has 0 saturated heterocycles. The first-order valence-electron chi connectivity index (χ1n) is 9.99. The molecule has 0 aliphatic rings. The van der Waals surface area contributed by atoms with Crippen LogP contribution in [0.4, 0.5) is 0 Å². The van der Waals surface area contributed by atoms with Crippen molar-refractivity contribution in [1.29, 1.82) is 0 Å². The second-order valence-corrected chi connectivity index (χ2v) is 7.61. The number of carbonyl (C=O) groups excluding carboxylic acids is 1. The summed E-state index contributed by atoms with van der Waals surface area (Å²) in [6.45, 7) is 1.18. The second kappa shape index (κ2) is 18.5. The lowest BCUT2D eigenvalue weighted by Crippen LogP contribution is -2.23. The number of aliphatic hydroxyl groups excluding tert-OH is 1. The van der Waals surface area contributed by atoms with Gasteiger partial charge in [-0.25, -0.2) is 4.57 Å². The molecule has 0 unspecified atom stereocenters. The minimum absolute atomic E-state index is 0.236. The number of carbonyl (C=O) groups is 1. The first-order chi connectivity index (χ1) is 13.8. The third-order valence-electron chi connectivity index (χ3n) is 3.59. The molecule has 0 bridgehead atoms. The summed E-state index contributed by atoms with van der Waals surface area (Å²) in [5, 5.41) is 9.40. The fourth-order valence-corrected chi connectivity index (χ4v) is 2.49. The first kappa shape index (κ1) is 27.5. The fraction of sp³-hybridized carbons (Fsp3) is 0.571. The standard InChI is InChI=1S/C21H35O7P/c1-2-3-4-5-6-7-8-9-10-11-12-13-14-15-16-17-21(23)27-18-20(22)19-28-29(24,25)26/h3-4,6-7,9-10,12-13,20,22H,2,5,8,11,14-19H2,1H3,(H2,24,25,26)/b4-3-,7-6-,10-9-,13-12-/t20-/m1/s1. The van der Waals surface area contributed by atoms with E-state index in [1.807, 2.05) is 0 Å². The normalized spacial score (nSPS) is 13.9. The van der Waals surface area contributed by atoms with Gasteiger partial charge in [-0.2, -0.15) is 0 Å². The highest BCUT2D eigenvalue weighted by atomic mass is 31.2. The number of unbranched alkanes of at least 4 members (excludes halogenated alkanes) is 2. The number of ether oxygens (including phenoxy) is 1. The summed E-state index contributed by atoms with van der Waals surface area (Å²) in [6.07, 6.45) is 22.4. The van der Waals surface area contributed by atoms with Crippen molar-refractivity contribution in [2.24, 2.45) is 0 Å². The van der Waals surface area contributed by atoms with E-state index in [9.17, 15) is 14.5 Å². The van der Waals surface area contributed by atoms with E-state index in [-0.39, 0.29) is 13.0 Å². The first-order valence-corrected chi connectivity index (χ1v) is 11.5. The van der Waals surface area contributed by atoms with Crippen LogP contribution in [0.3, 0.4) is 0 Å². The Balaban J connectivity index is 3.58. The van der Waals surface area contributed by atoms with Crippen LogP contribution in [0.2, 0.25) is 0 Å². The number of hydrogen-bond donors (Lipinski definition) is 3. The van der Waals surface area contributed by atoms with Gasteiger partial charge in [0.2, 0.25) is 0 Å². The number of aliphatic hydroxyl groups is 1. The molecule has 0 radical (unpaired) electrons. The third-order valence-corrected chi connectivity index (χ3v) is 4.08. The number of hydrogen-bond acceptors (Lipinski definition) is 5. The molecular formula is C21H35O7P. The molecule has 0 aliphatic heterocycles. The Morgan fingerprint density at radius 1 is 0.897 bits per heavy atom. The van der Waals surface area contributed by atoms with Crippen LogP contribution in [0.15, 0.2) is 48.6 Å². The average Bonchev–Trinajstić information content (AvgIpc) is 2.67. The smallest absolute Gasteiger partial charge is 0.463 e. The van der Waals surface area contributed by atoms with E-state index in [1.54, 1.807) is 0 Å². The maximum Gasteiger partial charge on any atom is 0.469 e. The molecule has 1 atom stereocenters. The van der Waals surface area contributed by atoms with Gasteiger partial charge >= 0.3 is 13.8 Å². The molecule has 0 aliphatic carbocycles. The van der Waals surface area contributed by atoms with Gasteiger partial charge in [0.1, 0.15) is 12.7 Å². The van der Waals surface area contributed by atoms with E-state index in [2.05, 4.69) is 60.1 Å². The zero-order chi connectivity index (χ0) is 21.8. The Bertz CT molecular complexity index is 576. The summed E-state index contributed by atoms with van der Waals surface area (Å²) >= 11 is 0. The van der Waals surface area contributed by atoms with E-state index in [4.69, 9.17) is 14.5 Å². The van der Waals surface area contributed by atoms with Gasteiger partial charge in [0.25, 0.3) is 0 Å². The number of phosphoric acid groups is 1. The Hall–Kier alpha value is -1.50. The van der Waals surface area contributed by atoms with Gasteiger partial charge in [0.05, 0.1) is 6.61 Å². The lowest BCUT2D eigenvalue weighted by atomic mass is 10.2. The van der Waals surface area contributed by atoms with Crippen molar-refractivity contribution in [2.45, 2.75) is 64.4 Å². The average molecular weight is 430 g/mol. The summed E-state index contributed by atoms with van der Waals surface area (Å²) in [5.41, 5.74) is 0. The van der Waals surface area contributed by atoms with E-state index < -0.39 is 26.5 Å². The number of esters is 1. The van der Waals surface area contributed by atoms with Crippen LogP contribution < -0.4 is 0 Å². The minimum atomic E-state index is -4.63. The molecule has 0 rings (SSSR count). The van der Waals surface area contributed by atoms with E-state index >= 15 is 0 Å². The van der Waals surface area contributed by atoms with Crippen LogP contribution in [0.5, 0.6) is 0 Å². The van der Waals surface area contributed by atoms with Gasteiger partial charge in [-0.3, -0.25) is 9.32 Å². The highest BCUT2D eigenvalue weighted by Gasteiger charge is 2.17. The van der Waals surface area contributed by atoms with Gasteiger partial charge in [-0.15, -0.1) is 0 Å². The molecule has 0 aromatic rings. The number of phosphoric ester groups is 1. The topological polar surface area (TPSA) is 113 Å².